The Morgan fingerprint density at radius 3 is 3.00 bits per heavy atom. The normalized spacial score (nSPS) is 22.7. The number of likely N-dealkylation sites (N-methyl/N-ethyl adjacent to an activating group) is 1. The van der Waals surface area contributed by atoms with E-state index in [0.717, 1.165) is 18.7 Å². The van der Waals surface area contributed by atoms with Crippen molar-refractivity contribution in [1.82, 2.24) is 9.88 Å². The molecule has 2 atom stereocenters. The van der Waals surface area contributed by atoms with Crippen molar-refractivity contribution in [3.63, 3.8) is 0 Å². The summed E-state index contributed by atoms with van der Waals surface area (Å²) in [5.41, 5.74) is 1.07. The van der Waals surface area contributed by atoms with Crippen molar-refractivity contribution in [1.29, 1.82) is 5.26 Å². The monoisotopic (exact) mass is 263 g/mol. The Kier molecular flexibility index (Phi) is 4.36. The minimum absolute atomic E-state index is 0.0255. The van der Waals surface area contributed by atoms with Gasteiger partial charge in [-0.05, 0) is 39.8 Å². The van der Waals surface area contributed by atoms with Gasteiger partial charge in [0, 0.05) is 17.3 Å². The van der Waals surface area contributed by atoms with Crippen LogP contribution in [-0.4, -0.2) is 30.0 Å². The highest BCUT2D eigenvalue weighted by Gasteiger charge is 2.24. The number of thiazole rings is 1. The Balaban J connectivity index is 2.20. The van der Waals surface area contributed by atoms with E-state index >= 15 is 0 Å². The molecule has 1 aromatic rings. The highest BCUT2D eigenvalue weighted by molar-refractivity contribution is 7.12. The smallest absolute Gasteiger partial charge is 0.0975 e. The summed E-state index contributed by atoms with van der Waals surface area (Å²) in [5.74, 6) is 0.593. The molecule has 98 valence electrons. The number of aromatic nitrogens is 1. The van der Waals surface area contributed by atoms with Crippen LogP contribution < -0.4 is 0 Å². The van der Waals surface area contributed by atoms with Crippen molar-refractivity contribution in [2.45, 2.75) is 44.9 Å². The van der Waals surface area contributed by atoms with Crippen LogP contribution in [0.1, 0.15) is 53.6 Å². The number of likely N-dealkylation sites (tertiary alicyclic amines) is 1. The fourth-order valence-electron chi connectivity index (χ4n) is 2.63. The Morgan fingerprint density at radius 2 is 2.39 bits per heavy atom. The SMILES string of the molecule is CCC(C#N)c1sc(C2CCCN(C)C2)nc1C. The summed E-state index contributed by atoms with van der Waals surface area (Å²) >= 11 is 1.77. The first-order chi connectivity index (χ1) is 8.65. The molecule has 0 aromatic carbocycles. The molecule has 0 saturated carbocycles. The minimum atomic E-state index is 0.0255. The third-order valence-corrected chi connectivity index (χ3v) is 5.14. The molecular formula is C14H21N3S. The van der Waals surface area contributed by atoms with Gasteiger partial charge >= 0.3 is 0 Å². The molecular weight excluding hydrogens is 242 g/mol. The summed E-state index contributed by atoms with van der Waals surface area (Å²) in [6.07, 6.45) is 3.37. The predicted molar refractivity (Wildman–Crippen MR) is 75.0 cm³/mol. The maximum Gasteiger partial charge on any atom is 0.0975 e. The van der Waals surface area contributed by atoms with Gasteiger partial charge in [0.2, 0.25) is 0 Å². The van der Waals surface area contributed by atoms with E-state index in [1.165, 1.54) is 29.3 Å². The maximum atomic E-state index is 9.19. The van der Waals surface area contributed by atoms with Gasteiger partial charge in [-0.1, -0.05) is 6.92 Å². The summed E-state index contributed by atoms with van der Waals surface area (Å²) in [7, 11) is 2.18. The third-order valence-electron chi connectivity index (χ3n) is 3.70. The van der Waals surface area contributed by atoms with E-state index in [-0.39, 0.29) is 5.92 Å². The zero-order chi connectivity index (χ0) is 13.1. The van der Waals surface area contributed by atoms with Crippen molar-refractivity contribution in [2.75, 3.05) is 20.1 Å². The van der Waals surface area contributed by atoms with Crippen LogP contribution >= 0.6 is 11.3 Å². The molecule has 1 fully saturated rings. The number of piperidine rings is 1. The second kappa shape index (κ2) is 5.81. The van der Waals surface area contributed by atoms with Crippen LogP contribution in [0.5, 0.6) is 0 Å². The molecule has 1 aliphatic heterocycles. The molecule has 0 aliphatic carbocycles. The lowest BCUT2D eigenvalue weighted by atomic mass is 9.99. The Labute approximate surface area is 113 Å². The average molecular weight is 263 g/mol. The van der Waals surface area contributed by atoms with Crippen LogP contribution in [0.25, 0.3) is 0 Å². The Hall–Kier alpha value is -0.920. The number of hydrogen-bond acceptors (Lipinski definition) is 4. The predicted octanol–water partition coefficient (Wildman–Crippen LogP) is 3.28. The lowest BCUT2D eigenvalue weighted by molar-refractivity contribution is 0.250. The lowest BCUT2D eigenvalue weighted by Gasteiger charge is -2.28. The highest BCUT2D eigenvalue weighted by atomic mass is 32.1. The first kappa shape index (κ1) is 13.5. The van der Waals surface area contributed by atoms with Crippen molar-refractivity contribution >= 4 is 11.3 Å². The fourth-order valence-corrected chi connectivity index (χ4v) is 3.95. The Morgan fingerprint density at radius 1 is 1.61 bits per heavy atom. The molecule has 3 nitrogen and oxygen atoms in total. The number of nitrogens with zero attached hydrogens (tertiary/aromatic N) is 3. The summed E-state index contributed by atoms with van der Waals surface area (Å²) in [5, 5.41) is 10.4. The average Bonchev–Trinajstić information content (AvgIpc) is 2.74. The standard InChI is InChI=1S/C14H21N3S/c1-4-11(8-15)13-10(2)16-14(18-13)12-6-5-7-17(3)9-12/h11-12H,4-7,9H2,1-3H3. The molecule has 0 amide bonds. The van der Waals surface area contributed by atoms with E-state index in [4.69, 9.17) is 4.98 Å². The van der Waals surface area contributed by atoms with Crippen LogP contribution in [0.2, 0.25) is 0 Å². The topological polar surface area (TPSA) is 39.9 Å². The summed E-state index contributed by atoms with van der Waals surface area (Å²) in [6.45, 7) is 6.42. The van der Waals surface area contributed by atoms with E-state index in [2.05, 4.69) is 24.9 Å². The number of rotatable bonds is 3. The number of hydrogen-bond donors (Lipinski definition) is 0. The molecule has 2 rings (SSSR count). The van der Waals surface area contributed by atoms with Gasteiger partial charge in [0.25, 0.3) is 0 Å². The van der Waals surface area contributed by atoms with Crippen molar-refractivity contribution in [2.24, 2.45) is 0 Å². The van der Waals surface area contributed by atoms with Gasteiger partial charge in [-0.2, -0.15) is 5.26 Å². The molecule has 4 heteroatoms. The van der Waals surface area contributed by atoms with Crippen LogP contribution in [0.4, 0.5) is 0 Å². The van der Waals surface area contributed by atoms with E-state index < -0.39 is 0 Å². The number of aryl methyl sites for hydroxylation is 1. The summed E-state index contributed by atoms with van der Waals surface area (Å²) in [4.78, 5) is 8.29. The van der Waals surface area contributed by atoms with E-state index in [0.29, 0.717) is 5.92 Å². The van der Waals surface area contributed by atoms with Crippen molar-refractivity contribution in [3.05, 3.63) is 15.6 Å². The van der Waals surface area contributed by atoms with E-state index in [1.807, 2.05) is 6.92 Å². The molecule has 0 bridgehead atoms. The zero-order valence-corrected chi connectivity index (χ0v) is 12.3. The lowest BCUT2D eigenvalue weighted by Crippen LogP contribution is -2.30. The summed E-state index contributed by atoms with van der Waals surface area (Å²) in [6, 6.07) is 2.39. The van der Waals surface area contributed by atoms with Crippen molar-refractivity contribution < 1.29 is 0 Å². The van der Waals surface area contributed by atoms with Crippen LogP contribution in [0, 0.1) is 18.3 Å². The van der Waals surface area contributed by atoms with Crippen LogP contribution in [-0.2, 0) is 0 Å². The maximum absolute atomic E-state index is 9.19. The van der Waals surface area contributed by atoms with Gasteiger partial charge in [0.05, 0.1) is 22.7 Å². The van der Waals surface area contributed by atoms with E-state index in [9.17, 15) is 5.26 Å². The van der Waals surface area contributed by atoms with Crippen LogP contribution in [0.15, 0.2) is 0 Å². The second-order valence-electron chi connectivity index (χ2n) is 5.19. The van der Waals surface area contributed by atoms with Gasteiger partial charge in [-0.25, -0.2) is 4.98 Å². The van der Waals surface area contributed by atoms with Gasteiger partial charge in [-0.15, -0.1) is 11.3 Å². The van der Waals surface area contributed by atoms with Crippen LogP contribution in [0.3, 0.4) is 0 Å². The third kappa shape index (κ3) is 2.73. The molecule has 0 radical (unpaired) electrons. The Bertz CT molecular complexity index is 446. The molecule has 1 aliphatic rings. The molecule has 2 heterocycles. The van der Waals surface area contributed by atoms with Crippen molar-refractivity contribution in [3.8, 4) is 6.07 Å². The fraction of sp³-hybridized carbons (Fsp3) is 0.714. The molecule has 1 saturated heterocycles. The van der Waals surface area contributed by atoms with Gasteiger partial charge < -0.3 is 4.90 Å². The largest absolute Gasteiger partial charge is 0.306 e. The highest BCUT2D eigenvalue weighted by Crippen LogP contribution is 2.35. The molecule has 1 aromatic heterocycles. The molecule has 0 N–H and O–H groups in total. The second-order valence-corrected chi connectivity index (χ2v) is 6.26. The molecule has 18 heavy (non-hydrogen) atoms. The number of nitriles is 1. The first-order valence-electron chi connectivity index (χ1n) is 6.71. The first-order valence-corrected chi connectivity index (χ1v) is 7.52. The molecule has 0 spiro atoms. The van der Waals surface area contributed by atoms with E-state index in [1.54, 1.807) is 11.3 Å². The minimum Gasteiger partial charge on any atom is -0.306 e. The quantitative estimate of drug-likeness (QED) is 0.840. The van der Waals surface area contributed by atoms with Gasteiger partial charge in [-0.3, -0.25) is 0 Å². The molecule has 2 unspecified atom stereocenters. The summed E-state index contributed by atoms with van der Waals surface area (Å²) < 4.78 is 0. The van der Waals surface area contributed by atoms with Gasteiger partial charge in [0.15, 0.2) is 0 Å². The van der Waals surface area contributed by atoms with Gasteiger partial charge in [0.1, 0.15) is 0 Å². The zero-order valence-electron chi connectivity index (χ0n) is 11.4.